The van der Waals surface area contributed by atoms with Crippen LogP contribution < -0.4 is 4.90 Å². The second-order valence-electron chi connectivity index (χ2n) is 10.8. The van der Waals surface area contributed by atoms with Crippen molar-refractivity contribution in [2.45, 2.75) is 39.7 Å². The Bertz CT molecular complexity index is 1510. The first-order valence-corrected chi connectivity index (χ1v) is 14.4. The van der Waals surface area contributed by atoms with E-state index in [1.807, 2.05) is 60.4 Å². The lowest BCUT2D eigenvalue weighted by Crippen LogP contribution is -2.49. The first kappa shape index (κ1) is 29.0. The molecule has 2 aliphatic rings. The highest BCUT2D eigenvalue weighted by molar-refractivity contribution is 5.96. The number of piperazine rings is 1. The van der Waals surface area contributed by atoms with Gasteiger partial charge in [-0.1, -0.05) is 54.1 Å². The molecule has 0 spiro atoms. The lowest BCUT2D eigenvalue weighted by molar-refractivity contribution is -0.140. The molecular weight excluding hydrogens is 533 g/mol. The summed E-state index contributed by atoms with van der Waals surface area (Å²) in [6.07, 6.45) is 0.152. The van der Waals surface area contributed by atoms with Gasteiger partial charge in [-0.25, -0.2) is 9.18 Å². The zero-order valence-electron chi connectivity index (χ0n) is 24.3. The van der Waals surface area contributed by atoms with E-state index in [9.17, 15) is 18.8 Å². The maximum atomic E-state index is 14.2. The molecule has 0 bridgehead atoms. The number of halogens is 1. The minimum atomic E-state index is -0.420. The molecule has 2 amide bonds. The van der Waals surface area contributed by atoms with Crippen molar-refractivity contribution >= 4 is 23.5 Å². The van der Waals surface area contributed by atoms with E-state index in [1.165, 1.54) is 6.07 Å². The van der Waals surface area contributed by atoms with Crippen LogP contribution in [0.2, 0.25) is 0 Å². The number of rotatable bonds is 7. The van der Waals surface area contributed by atoms with Crippen LogP contribution in [-0.2, 0) is 20.9 Å². The Kier molecular flexibility index (Phi) is 8.71. The third-order valence-corrected chi connectivity index (χ3v) is 8.07. The molecule has 218 valence electrons. The number of carbonyl (C=O) groups excluding carboxylic acids is 3. The van der Waals surface area contributed by atoms with Crippen molar-refractivity contribution in [3.05, 3.63) is 112 Å². The number of allylic oxidation sites excluding steroid dienone is 1. The van der Waals surface area contributed by atoms with Gasteiger partial charge in [-0.05, 0) is 56.2 Å². The number of ether oxygens (including phenoxy) is 1. The molecule has 1 fully saturated rings. The minimum absolute atomic E-state index is 0.0906. The van der Waals surface area contributed by atoms with E-state index in [-0.39, 0.29) is 43.1 Å². The molecule has 1 saturated heterocycles. The van der Waals surface area contributed by atoms with Gasteiger partial charge in [0.15, 0.2) is 0 Å². The van der Waals surface area contributed by atoms with Gasteiger partial charge in [-0.3, -0.25) is 9.59 Å². The second-order valence-corrected chi connectivity index (χ2v) is 10.8. The Balaban J connectivity index is 1.33. The second kappa shape index (κ2) is 12.6. The summed E-state index contributed by atoms with van der Waals surface area (Å²) in [5, 5.41) is 0. The van der Waals surface area contributed by atoms with Crippen LogP contribution in [0, 0.1) is 12.7 Å². The number of para-hydroxylation sites is 1. The molecule has 7 nitrogen and oxygen atoms in total. The Hall–Kier alpha value is -4.46. The summed E-state index contributed by atoms with van der Waals surface area (Å²) in [7, 11) is 0. The van der Waals surface area contributed by atoms with Gasteiger partial charge < -0.3 is 19.4 Å². The zero-order valence-corrected chi connectivity index (χ0v) is 24.3. The largest absolute Gasteiger partial charge is 0.463 e. The number of hydrogen-bond donors (Lipinski definition) is 0. The highest BCUT2D eigenvalue weighted by Gasteiger charge is 2.37. The summed E-state index contributed by atoms with van der Waals surface area (Å²) < 4.78 is 19.6. The quantitative estimate of drug-likeness (QED) is 0.354. The van der Waals surface area contributed by atoms with Gasteiger partial charge in [0.2, 0.25) is 5.91 Å². The molecule has 8 heteroatoms. The van der Waals surface area contributed by atoms with Crippen LogP contribution in [0.25, 0.3) is 0 Å². The first-order chi connectivity index (χ1) is 20.3. The number of nitrogens with zero attached hydrogens (tertiary/aromatic N) is 3. The van der Waals surface area contributed by atoms with E-state index < -0.39 is 5.97 Å². The van der Waals surface area contributed by atoms with Gasteiger partial charge >= 0.3 is 5.97 Å². The first-order valence-electron chi connectivity index (χ1n) is 14.4. The summed E-state index contributed by atoms with van der Waals surface area (Å²) in [6.45, 7) is 8.06. The standard InChI is InChI=1S/C34H36FN3O4/c1-4-42-34(41)32-24(3)38(31(39)21-28(32)26-14-12-23(2)13-15-26)22-25-8-7-9-27(20-25)33(40)37-18-16-36(17-19-37)30-11-6-5-10-29(30)35/h5-15,20,28H,4,16-19,21-22H2,1-3H3. The summed E-state index contributed by atoms with van der Waals surface area (Å²) in [4.78, 5) is 45.3. The Morgan fingerprint density at radius 3 is 2.33 bits per heavy atom. The van der Waals surface area contributed by atoms with Crippen LogP contribution in [0.15, 0.2) is 84.1 Å². The van der Waals surface area contributed by atoms with Crippen molar-refractivity contribution in [3.63, 3.8) is 0 Å². The van der Waals surface area contributed by atoms with Crippen molar-refractivity contribution < 1.29 is 23.5 Å². The molecule has 3 aromatic carbocycles. The van der Waals surface area contributed by atoms with E-state index in [2.05, 4.69) is 0 Å². The number of hydrogen-bond acceptors (Lipinski definition) is 5. The SMILES string of the molecule is CCOC(=O)C1=C(C)N(Cc2cccc(C(=O)N3CCN(c4ccccc4F)CC3)c2)C(=O)CC1c1ccc(C)cc1. The Labute approximate surface area is 246 Å². The van der Waals surface area contributed by atoms with Crippen molar-refractivity contribution in [1.29, 1.82) is 0 Å². The number of aryl methyl sites for hydroxylation is 1. The van der Waals surface area contributed by atoms with Crippen molar-refractivity contribution in [2.24, 2.45) is 0 Å². The van der Waals surface area contributed by atoms with Crippen molar-refractivity contribution in [2.75, 3.05) is 37.7 Å². The average molecular weight is 570 g/mol. The van der Waals surface area contributed by atoms with Gasteiger partial charge in [0, 0.05) is 49.8 Å². The van der Waals surface area contributed by atoms with E-state index >= 15 is 0 Å². The van der Waals surface area contributed by atoms with Gasteiger partial charge in [0.1, 0.15) is 5.82 Å². The normalized spacial score (nSPS) is 17.5. The molecule has 0 saturated carbocycles. The molecule has 5 rings (SSSR count). The molecule has 3 aromatic rings. The molecule has 0 N–H and O–H groups in total. The predicted octanol–water partition coefficient (Wildman–Crippen LogP) is 5.45. The number of carbonyl (C=O) groups is 3. The Morgan fingerprint density at radius 1 is 0.929 bits per heavy atom. The molecule has 0 aliphatic carbocycles. The number of anilines is 1. The Morgan fingerprint density at radius 2 is 1.64 bits per heavy atom. The zero-order chi connectivity index (χ0) is 29.8. The fourth-order valence-electron chi connectivity index (χ4n) is 5.79. The van der Waals surface area contributed by atoms with Gasteiger partial charge in [0.05, 0.1) is 24.4 Å². The fourth-order valence-corrected chi connectivity index (χ4v) is 5.79. The molecule has 0 aromatic heterocycles. The molecular formula is C34H36FN3O4. The average Bonchev–Trinajstić information content (AvgIpc) is 2.99. The van der Waals surface area contributed by atoms with Crippen LogP contribution in [0.1, 0.15) is 53.2 Å². The minimum Gasteiger partial charge on any atom is -0.463 e. The van der Waals surface area contributed by atoms with Gasteiger partial charge in [-0.2, -0.15) is 0 Å². The van der Waals surface area contributed by atoms with Crippen LogP contribution in [-0.4, -0.2) is 60.4 Å². The van der Waals surface area contributed by atoms with Gasteiger partial charge in [0.25, 0.3) is 5.91 Å². The highest BCUT2D eigenvalue weighted by atomic mass is 19.1. The summed E-state index contributed by atoms with van der Waals surface area (Å²) in [6, 6.07) is 21.8. The molecule has 0 radical (unpaired) electrons. The molecule has 1 atom stereocenters. The third kappa shape index (κ3) is 6.08. The maximum Gasteiger partial charge on any atom is 0.336 e. The number of benzene rings is 3. The lowest BCUT2D eigenvalue weighted by atomic mass is 9.83. The third-order valence-electron chi connectivity index (χ3n) is 8.07. The number of amides is 2. The van der Waals surface area contributed by atoms with Gasteiger partial charge in [-0.15, -0.1) is 0 Å². The van der Waals surface area contributed by atoms with E-state index in [0.29, 0.717) is 48.7 Å². The van der Waals surface area contributed by atoms with Crippen LogP contribution in [0.4, 0.5) is 10.1 Å². The van der Waals surface area contributed by atoms with Crippen LogP contribution in [0.5, 0.6) is 0 Å². The van der Waals surface area contributed by atoms with Crippen LogP contribution in [0.3, 0.4) is 0 Å². The smallest absolute Gasteiger partial charge is 0.336 e. The number of esters is 1. The fraction of sp³-hybridized carbons (Fsp3) is 0.324. The topological polar surface area (TPSA) is 70.2 Å². The van der Waals surface area contributed by atoms with Crippen LogP contribution >= 0.6 is 0 Å². The summed E-state index contributed by atoms with van der Waals surface area (Å²) in [5.74, 6) is -1.26. The van der Waals surface area contributed by atoms with E-state index in [0.717, 1.165) is 16.7 Å². The van der Waals surface area contributed by atoms with Crippen molar-refractivity contribution in [1.82, 2.24) is 9.80 Å². The maximum absolute atomic E-state index is 14.2. The summed E-state index contributed by atoms with van der Waals surface area (Å²) >= 11 is 0. The lowest BCUT2D eigenvalue weighted by Gasteiger charge is -2.36. The van der Waals surface area contributed by atoms with E-state index in [1.54, 1.807) is 41.8 Å². The van der Waals surface area contributed by atoms with Crippen molar-refractivity contribution in [3.8, 4) is 0 Å². The van der Waals surface area contributed by atoms with E-state index in [4.69, 9.17) is 4.74 Å². The molecule has 2 heterocycles. The molecule has 42 heavy (non-hydrogen) atoms. The monoisotopic (exact) mass is 569 g/mol. The molecule has 1 unspecified atom stereocenters. The molecule has 2 aliphatic heterocycles. The highest BCUT2D eigenvalue weighted by Crippen LogP contribution is 2.38. The predicted molar refractivity (Wildman–Crippen MR) is 159 cm³/mol. The summed E-state index contributed by atoms with van der Waals surface area (Å²) in [5.41, 5.74) is 4.92.